The molecule has 0 N–H and O–H groups in total. The van der Waals surface area contributed by atoms with Gasteiger partial charge in [0.05, 0.1) is 0 Å². The fourth-order valence-corrected chi connectivity index (χ4v) is 0.316. The Balaban J connectivity index is 3.42. The van der Waals surface area contributed by atoms with Crippen LogP contribution >= 0.6 is 0 Å². The molecule has 0 fully saturated rings. The summed E-state index contributed by atoms with van der Waals surface area (Å²) in [7, 11) is 0. The number of hydrogen-bond donors (Lipinski definition) is 0. The highest BCUT2D eigenvalue weighted by molar-refractivity contribution is 5.07. The molecule has 0 rings (SSSR count). The van der Waals surface area contributed by atoms with E-state index >= 15 is 0 Å². The van der Waals surface area contributed by atoms with Gasteiger partial charge in [-0.1, -0.05) is 23.8 Å². The highest BCUT2D eigenvalue weighted by atomic mass is 16.2. The molecule has 1 radical (unpaired) electrons. The Morgan fingerprint density at radius 2 is 2.12 bits per heavy atom. The van der Waals surface area contributed by atoms with Crippen molar-refractivity contribution in [3.05, 3.63) is 23.8 Å². The average molecular weight is 111 g/mol. The van der Waals surface area contributed by atoms with Gasteiger partial charge in [-0.15, -0.1) is 0 Å². The zero-order valence-electron chi connectivity index (χ0n) is 5.35. The highest BCUT2D eigenvalue weighted by Crippen LogP contribution is 1.87. The Bertz CT molecular complexity index is 97.0. The zero-order valence-corrected chi connectivity index (χ0v) is 5.35. The molecule has 0 aliphatic heterocycles. The monoisotopic (exact) mass is 111 g/mol. The fraction of sp³-hybridized carbons (Fsp3) is 0.429. The molecule has 8 heavy (non-hydrogen) atoms. The molecule has 0 bridgehead atoms. The van der Waals surface area contributed by atoms with Crippen LogP contribution in [0.5, 0.6) is 0 Å². The van der Waals surface area contributed by atoms with Crippen LogP contribution in [-0.4, -0.2) is 6.61 Å². The van der Waals surface area contributed by atoms with Gasteiger partial charge in [-0.2, -0.15) is 0 Å². The molecule has 0 aromatic rings. The third-order valence-corrected chi connectivity index (χ3v) is 0.662. The molecule has 0 aliphatic rings. The summed E-state index contributed by atoms with van der Waals surface area (Å²) in [4.78, 5) is 0. The van der Waals surface area contributed by atoms with Crippen LogP contribution in [0.2, 0.25) is 0 Å². The first-order valence-electron chi connectivity index (χ1n) is 2.65. The molecule has 0 aromatic carbocycles. The molecule has 45 valence electrons. The Morgan fingerprint density at radius 3 is 2.50 bits per heavy atom. The van der Waals surface area contributed by atoms with Crippen molar-refractivity contribution >= 4 is 0 Å². The van der Waals surface area contributed by atoms with Crippen molar-refractivity contribution in [1.82, 2.24) is 0 Å². The molecular formula is C7H11O. The molecule has 0 saturated heterocycles. The van der Waals surface area contributed by atoms with Crippen molar-refractivity contribution in [3.8, 4) is 0 Å². The van der Waals surface area contributed by atoms with Crippen molar-refractivity contribution in [2.24, 2.45) is 0 Å². The lowest BCUT2D eigenvalue weighted by molar-refractivity contribution is 0.232. The first-order chi connectivity index (χ1) is 3.77. The van der Waals surface area contributed by atoms with E-state index in [4.69, 9.17) is 0 Å². The topological polar surface area (TPSA) is 19.9 Å². The summed E-state index contributed by atoms with van der Waals surface area (Å²) in [6, 6.07) is 0. The molecule has 0 aliphatic carbocycles. The summed E-state index contributed by atoms with van der Waals surface area (Å²) in [5.74, 6) is 0. The van der Waals surface area contributed by atoms with Crippen LogP contribution in [0.25, 0.3) is 0 Å². The van der Waals surface area contributed by atoms with E-state index in [-0.39, 0.29) is 6.61 Å². The van der Waals surface area contributed by atoms with Crippen LogP contribution in [0.4, 0.5) is 0 Å². The van der Waals surface area contributed by atoms with Gasteiger partial charge in [-0.05, 0) is 13.8 Å². The summed E-state index contributed by atoms with van der Waals surface area (Å²) in [5.41, 5.74) is 1.22. The molecule has 1 nitrogen and oxygen atoms in total. The molecule has 0 saturated carbocycles. The van der Waals surface area contributed by atoms with Crippen LogP contribution < -0.4 is 0 Å². The number of hydrogen-bond acceptors (Lipinski definition) is 0. The van der Waals surface area contributed by atoms with Gasteiger partial charge in [0.25, 0.3) is 0 Å². The third-order valence-electron chi connectivity index (χ3n) is 0.662. The van der Waals surface area contributed by atoms with Crippen LogP contribution in [0.1, 0.15) is 13.8 Å². The lowest BCUT2D eigenvalue weighted by atomic mass is 10.3. The number of allylic oxidation sites excluding steroid dienone is 3. The second-order valence-electron chi connectivity index (χ2n) is 1.84. The Labute approximate surface area is 50.3 Å². The summed E-state index contributed by atoms with van der Waals surface area (Å²) in [6.45, 7) is 3.87. The third kappa shape index (κ3) is 5.44. The van der Waals surface area contributed by atoms with Gasteiger partial charge in [-0.3, -0.25) is 0 Å². The van der Waals surface area contributed by atoms with Gasteiger partial charge in [-0.25, -0.2) is 5.11 Å². The van der Waals surface area contributed by atoms with Crippen LogP contribution in [0, 0.1) is 0 Å². The molecular weight excluding hydrogens is 100 g/mol. The molecule has 0 unspecified atom stereocenters. The van der Waals surface area contributed by atoms with Gasteiger partial charge < -0.3 is 0 Å². The molecule has 0 aromatic heterocycles. The average Bonchev–Trinajstić information content (AvgIpc) is 1.66. The van der Waals surface area contributed by atoms with E-state index in [0.717, 1.165) is 0 Å². The van der Waals surface area contributed by atoms with Crippen LogP contribution in [0.3, 0.4) is 0 Å². The van der Waals surface area contributed by atoms with E-state index in [2.05, 4.69) is 0 Å². The second kappa shape index (κ2) is 4.60. The van der Waals surface area contributed by atoms with Crippen molar-refractivity contribution < 1.29 is 5.11 Å². The maximum atomic E-state index is 9.80. The predicted molar refractivity (Wildman–Crippen MR) is 34.1 cm³/mol. The maximum absolute atomic E-state index is 9.80. The second-order valence-corrected chi connectivity index (χ2v) is 1.84. The Morgan fingerprint density at radius 1 is 1.50 bits per heavy atom. The van der Waals surface area contributed by atoms with E-state index in [1.165, 1.54) is 5.57 Å². The molecule has 0 spiro atoms. The molecule has 1 heteroatoms. The van der Waals surface area contributed by atoms with Crippen molar-refractivity contribution in [1.29, 1.82) is 0 Å². The van der Waals surface area contributed by atoms with E-state index < -0.39 is 0 Å². The minimum atomic E-state index is -0.121. The maximum Gasteiger partial charge on any atom is 0.101 e. The Kier molecular flexibility index (Phi) is 4.27. The lowest BCUT2D eigenvalue weighted by Gasteiger charge is -1.79. The minimum Gasteiger partial charge on any atom is -0.232 e. The zero-order chi connectivity index (χ0) is 6.41. The highest BCUT2D eigenvalue weighted by Gasteiger charge is 1.68. The van der Waals surface area contributed by atoms with Gasteiger partial charge >= 0.3 is 0 Å². The van der Waals surface area contributed by atoms with E-state index in [1.54, 1.807) is 12.2 Å². The number of rotatable bonds is 2. The summed E-state index contributed by atoms with van der Waals surface area (Å²) >= 11 is 0. The standard InChI is InChI=1S/C7H11O/c1-7(2)5-3-4-6-8/h3-5H,6H2,1-2H3. The largest absolute Gasteiger partial charge is 0.232 e. The van der Waals surface area contributed by atoms with Gasteiger partial charge in [0.15, 0.2) is 0 Å². The Hall–Kier alpha value is -0.560. The SMILES string of the molecule is CC(C)=CC=CC[O]. The van der Waals surface area contributed by atoms with E-state index in [0.29, 0.717) is 0 Å². The first kappa shape index (κ1) is 7.44. The minimum absolute atomic E-state index is 0.121. The van der Waals surface area contributed by atoms with E-state index in [9.17, 15) is 5.11 Å². The van der Waals surface area contributed by atoms with Crippen LogP contribution in [-0.2, 0) is 5.11 Å². The normalized spacial score (nSPS) is 9.88. The first-order valence-corrected chi connectivity index (χ1v) is 2.65. The van der Waals surface area contributed by atoms with Gasteiger partial charge in [0.1, 0.15) is 6.61 Å². The lowest BCUT2D eigenvalue weighted by Crippen LogP contribution is -1.65. The smallest absolute Gasteiger partial charge is 0.101 e. The molecule has 0 heterocycles. The van der Waals surface area contributed by atoms with Crippen molar-refractivity contribution in [2.75, 3.05) is 6.61 Å². The van der Waals surface area contributed by atoms with Crippen molar-refractivity contribution in [2.45, 2.75) is 13.8 Å². The molecule has 0 atom stereocenters. The summed E-state index contributed by atoms with van der Waals surface area (Å²) in [5, 5.41) is 9.80. The molecule has 0 amide bonds. The van der Waals surface area contributed by atoms with E-state index in [1.807, 2.05) is 19.9 Å². The van der Waals surface area contributed by atoms with Crippen LogP contribution in [0.15, 0.2) is 23.8 Å². The van der Waals surface area contributed by atoms with Gasteiger partial charge in [0.2, 0.25) is 0 Å². The van der Waals surface area contributed by atoms with Gasteiger partial charge in [0, 0.05) is 0 Å². The summed E-state index contributed by atoms with van der Waals surface area (Å²) in [6.07, 6.45) is 5.28. The fourth-order valence-electron chi connectivity index (χ4n) is 0.316. The quantitative estimate of drug-likeness (QED) is 0.485. The van der Waals surface area contributed by atoms with Crippen molar-refractivity contribution in [3.63, 3.8) is 0 Å². The predicted octanol–water partition coefficient (Wildman–Crippen LogP) is 1.94. The summed E-state index contributed by atoms with van der Waals surface area (Å²) < 4.78 is 0.